The summed E-state index contributed by atoms with van der Waals surface area (Å²) in [6.45, 7) is 0.700. The van der Waals surface area contributed by atoms with Crippen LogP contribution in [0.3, 0.4) is 0 Å². The molecule has 1 aliphatic rings. The molecule has 3 rings (SSSR count). The van der Waals surface area contributed by atoms with E-state index in [1.807, 2.05) is 29.6 Å². The molecule has 1 aromatic carbocycles. The van der Waals surface area contributed by atoms with Gasteiger partial charge in [-0.1, -0.05) is 12.1 Å². The fraction of sp³-hybridized carbons (Fsp3) is 0.214. The van der Waals surface area contributed by atoms with Crippen LogP contribution < -0.4 is 4.74 Å². The number of para-hydroxylation sites is 1. The van der Waals surface area contributed by atoms with Crippen LogP contribution >= 0.6 is 27.3 Å². The van der Waals surface area contributed by atoms with Crippen LogP contribution in [0.2, 0.25) is 0 Å². The Labute approximate surface area is 118 Å². The van der Waals surface area contributed by atoms with Crippen molar-refractivity contribution < 1.29 is 9.53 Å². The van der Waals surface area contributed by atoms with Crippen LogP contribution in [-0.4, -0.2) is 12.4 Å². The first-order valence-electron chi connectivity index (χ1n) is 5.79. The Hall–Kier alpha value is -1.13. The molecular weight excluding hydrogens is 312 g/mol. The smallest absolute Gasteiger partial charge is 0.206 e. The minimum absolute atomic E-state index is 0.0458. The molecule has 0 N–H and O–H groups in total. The lowest BCUT2D eigenvalue weighted by atomic mass is 9.99. The number of hydrogen-bond donors (Lipinski definition) is 0. The number of hydrogen-bond acceptors (Lipinski definition) is 3. The monoisotopic (exact) mass is 322 g/mol. The summed E-state index contributed by atoms with van der Waals surface area (Å²) >= 11 is 4.83. The van der Waals surface area contributed by atoms with Gasteiger partial charge in [0.15, 0.2) is 0 Å². The van der Waals surface area contributed by atoms with E-state index < -0.39 is 0 Å². The van der Waals surface area contributed by atoms with E-state index in [-0.39, 0.29) is 5.78 Å². The molecule has 0 atom stereocenters. The number of carbonyl (C=O) groups is 1. The predicted molar refractivity (Wildman–Crippen MR) is 75.7 cm³/mol. The maximum Gasteiger partial charge on any atom is 0.206 e. The zero-order chi connectivity index (χ0) is 12.5. The average molecular weight is 323 g/mol. The van der Waals surface area contributed by atoms with Gasteiger partial charge < -0.3 is 4.74 Å². The summed E-state index contributed by atoms with van der Waals surface area (Å²) in [5, 5.41) is 1.92. The van der Waals surface area contributed by atoms with Gasteiger partial charge in [-0.25, -0.2) is 0 Å². The first-order chi connectivity index (χ1) is 8.75. The standard InChI is InChI=1S/C14H11BrO2S/c15-10-7-12(18-8-10)13(16)11-5-1-3-9-4-2-6-17-14(9)11/h1,3,5,7-8H,2,4,6H2. The third kappa shape index (κ3) is 2.10. The zero-order valence-corrected chi connectivity index (χ0v) is 12.0. The molecule has 0 fully saturated rings. The van der Waals surface area contributed by atoms with E-state index in [1.165, 1.54) is 11.3 Å². The van der Waals surface area contributed by atoms with Gasteiger partial charge in [0.1, 0.15) is 5.75 Å². The lowest BCUT2D eigenvalue weighted by Gasteiger charge is -2.19. The number of thiophene rings is 1. The lowest BCUT2D eigenvalue weighted by Crippen LogP contribution is -2.12. The van der Waals surface area contributed by atoms with Gasteiger partial charge in [-0.3, -0.25) is 4.79 Å². The van der Waals surface area contributed by atoms with Crippen molar-refractivity contribution in [2.24, 2.45) is 0 Å². The second-order valence-electron chi connectivity index (χ2n) is 4.20. The number of fused-ring (bicyclic) bond motifs is 1. The molecule has 0 radical (unpaired) electrons. The predicted octanol–water partition coefficient (Wildman–Crippen LogP) is 4.07. The summed E-state index contributed by atoms with van der Waals surface area (Å²) in [4.78, 5) is 13.2. The van der Waals surface area contributed by atoms with Gasteiger partial charge in [0, 0.05) is 9.85 Å². The van der Waals surface area contributed by atoms with Gasteiger partial charge in [0.05, 0.1) is 17.0 Å². The number of aryl methyl sites for hydroxylation is 1. The second-order valence-corrected chi connectivity index (χ2v) is 6.03. The average Bonchev–Trinajstić information content (AvgIpc) is 2.84. The van der Waals surface area contributed by atoms with E-state index >= 15 is 0 Å². The Morgan fingerprint density at radius 3 is 3.06 bits per heavy atom. The Bertz CT molecular complexity index is 604. The third-order valence-electron chi connectivity index (χ3n) is 2.97. The molecule has 0 aliphatic carbocycles. The van der Waals surface area contributed by atoms with Gasteiger partial charge in [0.25, 0.3) is 0 Å². The highest BCUT2D eigenvalue weighted by Crippen LogP contribution is 2.32. The molecule has 0 saturated carbocycles. The van der Waals surface area contributed by atoms with Crippen LogP contribution in [0.15, 0.2) is 34.1 Å². The summed E-state index contributed by atoms with van der Waals surface area (Å²) in [6.07, 6.45) is 2.01. The molecule has 1 aliphatic heterocycles. The lowest BCUT2D eigenvalue weighted by molar-refractivity contribution is 0.103. The molecule has 2 heterocycles. The number of ketones is 1. The van der Waals surface area contributed by atoms with Crippen LogP contribution in [0.5, 0.6) is 5.75 Å². The summed E-state index contributed by atoms with van der Waals surface area (Å²) in [5.41, 5.74) is 1.82. The molecule has 0 spiro atoms. The van der Waals surface area contributed by atoms with Crippen LogP contribution in [0.4, 0.5) is 0 Å². The molecule has 0 unspecified atom stereocenters. The highest BCUT2D eigenvalue weighted by molar-refractivity contribution is 9.10. The van der Waals surface area contributed by atoms with Gasteiger partial charge in [-0.05, 0) is 46.5 Å². The first kappa shape index (κ1) is 11.9. The zero-order valence-electron chi connectivity index (χ0n) is 9.61. The van der Waals surface area contributed by atoms with Crippen molar-refractivity contribution in [1.82, 2.24) is 0 Å². The topological polar surface area (TPSA) is 26.3 Å². The highest BCUT2D eigenvalue weighted by Gasteiger charge is 2.20. The number of benzene rings is 1. The largest absolute Gasteiger partial charge is 0.493 e. The SMILES string of the molecule is O=C(c1cc(Br)cs1)c1cccc2c1OCCC2. The van der Waals surface area contributed by atoms with Crippen LogP contribution in [0, 0.1) is 0 Å². The van der Waals surface area contributed by atoms with Gasteiger partial charge in [0.2, 0.25) is 5.78 Å². The molecule has 1 aromatic heterocycles. The Kier molecular flexibility index (Phi) is 3.22. The minimum atomic E-state index is 0.0458. The molecule has 4 heteroatoms. The number of ether oxygens (including phenoxy) is 1. The normalized spacial score (nSPS) is 13.8. The summed E-state index contributed by atoms with van der Waals surface area (Å²) in [5.74, 6) is 0.822. The Balaban J connectivity index is 2.04. The van der Waals surface area contributed by atoms with Crippen molar-refractivity contribution in [3.8, 4) is 5.75 Å². The van der Waals surface area contributed by atoms with Crippen molar-refractivity contribution in [2.45, 2.75) is 12.8 Å². The quantitative estimate of drug-likeness (QED) is 0.779. The first-order valence-corrected chi connectivity index (χ1v) is 7.46. The van der Waals surface area contributed by atoms with E-state index in [0.29, 0.717) is 12.2 Å². The van der Waals surface area contributed by atoms with E-state index in [2.05, 4.69) is 15.9 Å². The van der Waals surface area contributed by atoms with E-state index in [1.54, 1.807) is 0 Å². The number of rotatable bonds is 2. The van der Waals surface area contributed by atoms with E-state index in [0.717, 1.165) is 33.5 Å². The molecule has 18 heavy (non-hydrogen) atoms. The molecular formula is C14H11BrO2S. The van der Waals surface area contributed by atoms with Crippen LogP contribution in [-0.2, 0) is 6.42 Å². The van der Waals surface area contributed by atoms with Gasteiger partial charge >= 0.3 is 0 Å². The maximum absolute atomic E-state index is 12.4. The summed E-state index contributed by atoms with van der Waals surface area (Å²) in [7, 11) is 0. The minimum Gasteiger partial charge on any atom is -0.493 e. The number of carbonyl (C=O) groups excluding carboxylic acids is 1. The summed E-state index contributed by atoms with van der Waals surface area (Å²) in [6, 6.07) is 7.67. The highest BCUT2D eigenvalue weighted by atomic mass is 79.9. The Morgan fingerprint density at radius 2 is 2.28 bits per heavy atom. The van der Waals surface area contributed by atoms with Crippen LogP contribution in [0.1, 0.15) is 27.2 Å². The molecule has 0 amide bonds. The molecule has 92 valence electrons. The number of halogens is 1. The van der Waals surface area contributed by atoms with Gasteiger partial charge in [-0.2, -0.15) is 0 Å². The molecule has 2 nitrogen and oxygen atoms in total. The van der Waals surface area contributed by atoms with Crippen molar-refractivity contribution in [3.63, 3.8) is 0 Å². The van der Waals surface area contributed by atoms with Crippen molar-refractivity contribution in [1.29, 1.82) is 0 Å². The van der Waals surface area contributed by atoms with Crippen molar-refractivity contribution in [2.75, 3.05) is 6.61 Å². The molecule has 2 aromatic rings. The molecule has 0 saturated heterocycles. The Morgan fingerprint density at radius 1 is 1.39 bits per heavy atom. The van der Waals surface area contributed by atoms with Crippen molar-refractivity contribution >= 4 is 33.0 Å². The third-order valence-corrected chi connectivity index (χ3v) is 4.66. The molecule has 0 bridgehead atoms. The van der Waals surface area contributed by atoms with Crippen molar-refractivity contribution in [3.05, 3.63) is 50.1 Å². The summed E-state index contributed by atoms with van der Waals surface area (Å²) < 4.78 is 6.62. The van der Waals surface area contributed by atoms with E-state index in [4.69, 9.17) is 4.74 Å². The van der Waals surface area contributed by atoms with Gasteiger partial charge in [-0.15, -0.1) is 11.3 Å². The van der Waals surface area contributed by atoms with E-state index in [9.17, 15) is 4.79 Å². The maximum atomic E-state index is 12.4. The van der Waals surface area contributed by atoms with Crippen LogP contribution in [0.25, 0.3) is 0 Å². The fourth-order valence-electron chi connectivity index (χ4n) is 2.13. The fourth-order valence-corrected chi connectivity index (χ4v) is 3.51. The second kappa shape index (κ2) is 4.86.